The highest BCUT2D eigenvalue weighted by molar-refractivity contribution is 6.33. The first-order chi connectivity index (χ1) is 28.8. The van der Waals surface area contributed by atoms with E-state index in [0.717, 1.165) is 39.4 Å². The number of carbonyl (C=O) groups is 2. The summed E-state index contributed by atoms with van der Waals surface area (Å²) in [5.74, 6) is -0.351. The molecule has 2 aliphatic heterocycles. The monoisotopic (exact) mass is 841 g/mol. The summed E-state index contributed by atoms with van der Waals surface area (Å²) in [6.07, 6.45) is -3.08. The summed E-state index contributed by atoms with van der Waals surface area (Å²) in [5, 5.41) is 6.97. The minimum Gasteiger partial charge on any atom is -0.485 e. The number of piperazine rings is 1. The number of hydrogen-bond donors (Lipinski definition) is 1. The van der Waals surface area contributed by atoms with Crippen LogP contribution in [-0.4, -0.2) is 72.0 Å². The second-order valence-electron chi connectivity index (χ2n) is 14.5. The first kappa shape index (κ1) is 40.4. The molecule has 8 rings (SSSR count). The van der Waals surface area contributed by atoms with Crippen LogP contribution < -0.4 is 20.5 Å². The van der Waals surface area contributed by atoms with E-state index in [-0.39, 0.29) is 91.5 Å². The highest BCUT2D eigenvalue weighted by atomic mass is 35.5. The zero-order valence-electron chi connectivity index (χ0n) is 32.8. The Balaban J connectivity index is 1.11. The van der Waals surface area contributed by atoms with Gasteiger partial charge in [-0.05, 0) is 61.2 Å². The van der Waals surface area contributed by atoms with Gasteiger partial charge in [-0.1, -0.05) is 61.0 Å². The molecule has 18 heteroatoms. The molecule has 1 atom stereocenters. The Hall–Kier alpha value is -6.33. The number of benzene rings is 3. The molecule has 2 amide bonds. The first-order valence-corrected chi connectivity index (χ1v) is 19.6. The fourth-order valence-corrected chi connectivity index (χ4v) is 7.78. The Morgan fingerprint density at radius 3 is 2.50 bits per heavy atom. The lowest BCUT2D eigenvalue weighted by atomic mass is 10.0. The number of rotatable bonds is 10. The number of anilines is 2. The number of aryl methyl sites for hydroxylation is 1. The van der Waals surface area contributed by atoms with Crippen LogP contribution in [0.25, 0.3) is 17.2 Å². The number of carbonyl (C=O) groups excluding carboxylic acids is 2. The van der Waals surface area contributed by atoms with Crippen molar-refractivity contribution in [1.82, 2.24) is 34.0 Å². The van der Waals surface area contributed by atoms with E-state index in [2.05, 4.69) is 20.4 Å². The van der Waals surface area contributed by atoms with Crippen LogP contribution in [0.1, 0.15) is 64.1 Å². The zero-order chi connectivity index (χ0) is 42.3. The maximum atomic E-state index is 14.5. The van der Waals surface area contributed by atoms with Gasteiger partial charge < -0.3 is 29.2 Å². The summed E-state index contributed by atoms with van der Waals surface area (Å²) in [5.41, 5.74) is 3.51. The predicted octanol–water partition coefficient (Wildman–Crippen LogP) is 6.66. The SMILES string of the molecule is CCc1c(N2CCN(C(=O)c3ncnc(C)c3OCc3ccccc3)CC2)c(=O)n2nc(-c3ccc4c(c3)COC4C)nc2n1CC(=O)Nc1ccc(C(F)(F)F)cc1Cl. The molecule has 14 nitrogen and oxygen atoms in total. The average Bonchev–Trinajstić information content (AvgIpc) is 3.86. The van der Waals surface area contributed by atoms with Crippen molar-refractivity contribution in [3.8, 4) is 17.1 Å². The number of amides is 2. The van der Waals surface area contributed by atoms with Crippen LogP contribution in [-0.2, 0) is 41.9 Å². The second-order valence-corrected chi connectivity index (χ2v) is 14.9. The van der Waals surface area contributed by atoms with Crippen LogP contribution >= 0.6 is 11.6 Å². The van der Waals surface area contributed by atoms with Crippen molar-refractivity contribution in [2.75, 3.05) is 36.4 Å². The van der Waals surface area contributed by atoms with Crippen molar-refractivity contribution in [2.24, 2.45) is 0 Å². The summed E-state index contributed by atoms with van der Waals surface area (Å²) >= 11 is 6.19. The molecule has 0 bridgehead atoms. The fraction of sp³-hybridized carbons (Fsp3) is 0.310. The molecule has 6 aromatic rings. The molecule has 5 heterocycles. The van der Waals surface area contributed by atoms with E-state index >= 15 is 0 Å². The summed E-state index contributed by atoms with van der Waals surface area (Å²) in [7, 11) is 0. The Bertz CT molecular complexity index is 2680. The molecule has 0 radical (unpaired) electrons. The molecular formula is C42H39ClF3N9O5. The van der Waals surface area contributed by atoms with Crippen molar-refractivity contribution in [1.29, 1.82) is 0 Å². The number of hydrogen-bond acceptors (Lipinski definition) is 10. The first-order valence-electron chi connectivity index (χ1n) is 19.3. The molecule has 60 heavy (non-hydrogen) atoms. The van der Waals surface area contributed by atoms with Gasteiger partial charge in [0.25, 0.3) is 11.5 Å². The molecule has 3 aromatic heterocycles. The smallest absolute Gasteiger partial charge is 0.416 e. The summed E-state index contributed by atoms with van der Waals surface area (Å²) in [6.45, 7) is 6.75. The number of ether oxygens (including phenoxy) is 2. The molecule has 310 valence electrons. The summed E-state index contributed by atoms with van der Waals surface area (Å²) < 4.78 is 54.6. The van der Waals surface area contributed by atoms with Crippen LogP contribution in [0.3, 0.4) is 0 Å². The number of nitrogens with zero attached hydrogens (tertiary/aromatic N) is 8. The van der Waals surface area contributed by atoms with Gasteiger partial charge in [-0.15, -0.1) is 5.10 Å². The number of alkyl halides is 3. The van der Waals surface area contributed by atoms with Gasteiger partial charge in [0.05, 0.1) is 40.4 Å². The fourth-order valence-electron chi connectivity index (χ4n) is 7.55. The van der Waals surface area contributed by atoms with E-state index in [4.69, 9.17) is 26.1 Å². The largest absolute Gasteiger partial charge is 0.485 e. The molecule has 3 aromatic carbocycles. The van der Waals surface area contributed by atoms with Gasteiger partial charge in [0.1, 0.15) is 25.2 Å². The van der Waals surface area contributed by atoms with Crippen molar-refractivity contribution in [2.45, 2.75) is 59.2 Å². The van der Waals surface area contributed by atoms with E-state index < -0.39 is 23.2 Å². The predicted molar refractivity (Wildman–Crippen MR) is 216 cm³/mol. The maximum absolute atomic E-state index is 14.5. The minimum absolute atomic E-state index is 0.0185. The van der Waals surface area contributed by atoms with Gasteiger partial charge in [-0.25, -0.2) is 9.97 Å². The lowest BCUT2D eigenvalue weighted by molar-refractivity contribution is -0.137. The molecule has 1 fully saturated rings. The van der Waals surface area contributed by atoms with E-state index in [9.17, 15) is 27.6 Å². The van der Waals surface area contributed by atoms with Crippen LogP contribution in [0.4, 0.5) is 24.5 Å². The molecule has 0 saturated carbocycles. The molecule has 1 N–H and O–H groups in total. The molecular weight excluding hydrogens is 803 g/mol. The standard InChI is InChI=1S/C42H39ClF3N9O5/c1-4-33-36(52-14-16-53(17-15-52)39(57)35-37(24(2)47-23-48-35)60-21-26-8-6-5-7-9-26)40(58)55-41(50-38(51-55)27-10-12-30-25(3)59-22-28(30)18-27)54(33)20-34(56)49-32-13-11-29(19-31(32)43)42(44,45)46/h5-13,18-19,23,25H,4,14-17,20-22H2,1-3H3,(H,49,56). The van der Waals surface area contributed by atoms with Gasteiger partial charge in [-0.2, -0.15) is 22.7 Å². The lowest BCUT2D eigenvalue weighted by Crippen LogP contribution is -2.51. The lowest BCUT2D eigenvalue weighted by Gasteiger charge is -2.36. The van der Waals surface area contributed by atoms with Gasteiger partial charge in [0.2, 0.25) is 11.7 Å². The van der Waals surface area contributed by atoms with Gasteiger partial charge >= 0.3 is 6.18 Å². The Morgan fingerprint density at radius 1 is 1.02 bits per heavy atom. The van der Waals surface area contributed by atoms with Crippen molar-refractivity contribution < 1.29 is 32.2 Å². The summed E-state index contributed by atoms with van der Waals surface area (Å²) in [6, 6.07) is 17.9. The van der Waals surface area contributed by atoms with Crippen LogP contribution in [0.15, 0.2) is 77.9 Å². The minimum atomic E-state index is -4.62. The third kappa shape index (κ3) is 7.89. The Morgan fingerprint density at radius 2 is 1.78 bits per heavy atom. The van der Waals surface area contributed by atoms with E-state index in [1.165, 1.54) is 6.33 Å². The summed E-state index contributed by atoms with van der Waals surface area (Å²) in [4.78, 5) is 59.0. The number of aromatic nitrogens is 6. The highest BCUT2D eigenvalue weighted by Crippen LogP contribution is 2.35. The molecule has 0 spiro atoms. The molecule has 1 saturated heterocycles. The van der Waals surface area contributed by atoms with Gasteiger partial charge in [0.15, 0.2) is 17.3 Å². The Labute approximate surface area is 346 Å². The normalized spacial score (nSPS) is 15.3. The average molecular weight is 842 g/mol. The topological polar surface area (TPSA) is 149 Å². The van der Waals surface area contributed by atoms with E-state index in [1.807, 2.05) is 67.3 Å². The third-order valence-corrected chi connectivity index (χ3v) is 11.0. The van der Waals surface area contributed by atoms with Gasteiger partial charge in [0, 0.05) is 31.7 Å². The number of fused-ring (bicyclic) bond motifs is 2. The zero-order valence-corrected chi connectivity index (χ0v) is 33.5. The van der Waals surface area contributed by atoms with Crippen LogP contribution in [0.2, 0.25) is 5.02 Å². The molecule has 1 unspecified atom stereocenters. The van der Waals surface area contributed by atoms with Crippen molar-refractivity contribution >= 4 is 40.6 Å². The van der Waals surface area contributed by atoms with Crippen LogP contribution in [0, 0.1) is 6.92 Å². The Kier molecular flexibility index (Phi) is 11.0. The second kappa shape index (κ2) is 16.4. The quantitative estimate of drug-likeness (QED) is 0.159. The van der Waals surface area contributed by atoms with Crippen LogP contribution in [0.5, 0.6) is 5.75 Å². The third-order valence-electron chi connectivity index (χ3n) is 10.7. The molecule has 0 aliphatic carbocycles. The van der Waals surface area contributed by atoms with Crippen molar-refractivity contribution in [3.63, 3.8) is 0 Å². The maximum Gasteiger partial charge on any atom is 0.416 e. The molecule has 2 aliphatic rings. The number of halogens is 4. The number of nitrogens with one attached hydrogen (secondary N) is 1. The van der Waals surface area contributed by atoms with E-state index in [0.29, 0.717) is 29.3 Å². The van der Waals surface area contributed by atoms with Gasteiger partial charge in [-0.3, -0.25) is 14.4 Å². The highest BCUT2D eigenvalue weighted by Gasteiger charge is 2.33. The van der Waals surface area contributed by atoms with E-state index in [1.54, 1.807) is 16.4 Å². The van der Waals surface area contributed by atoms with Crippen molar-refractivity contribution in [3.05, 3.63) is 128 Å².